The number of aromatic amines is 1. The molecule has 0 aromatic carbocycles. The molecule has 1 heterocycles. The summed E-state index contributed by atoms with van der Waals surface area (Å²) in [7, 11) is 0. The van der Waals surface area contributed by atoms with Crippen LogP contribution in [0, 0.1) is 6.92 Å². The zero-order chi connectivity index (χ0) is 8.97. The highest BCUT2D eigenvalue weighted by Gasteiger charge is 2.02. The first-order chi connectivity index (χ1) is 5.74. The summed E-state index contributed by atoms with van der Waals surface area (Å²) in [6.07, 6.45) is 2.90. The van der Waals surface area contributed by atoms with E-state index in [0.717, 1.165) is 24.4 Å². The van der Waals surface area contributed by atoms with Crippen LogP contribution in [0.1, 0.15) is 31.7 Å². The molecule has 0 aliphatic carbocycles. The molecule has 0 fully saturated rings. The van der Waals surface area contributed by atoms with E-state index < -0.39 is 0 Å². The summed E-state index contributed by atoms with van der Waals surface area (Å²) in [6.45, 7) is 7.27. The number of rotatable bonds is 4. The Kier molecular flexibility index (Phi) is 3.29. The van der Waals surface area contributed by atoms with Crippen molar-refractivity contribution in [3.05, 3.63) is 17.7 Å². The number of imidazole rings is 1. The minimum atomic E-state index is 0.570. The van der Waals surface area contributed by atoms with Crippen LogP contribution in [0.5, 0.6) is 0 Å². The molecule has 68 valence electrons. The SMILES string of the molecule is CCC(C)NCc1nc[nH]c1C. The molecule has 1 unspecified atom stereocenters. The van der Waals surface area contributed by atoms with Gasteiger partial charge in [-0.25, -0.2) is 4.98 Å². The van der Waals surface area contributed by atoms with Gasteiger partial charge in [-0.15, -0.1) is 0 Å². The van der Waals surface area contributed by atoms with Crippen LogP contribution in [0.15, 0.2) is 6.33 Å². The lowest BCUT2D eigenvalue weighted by Gasteiger charge is -2.09. The maximum absolute atomic E-state index is 4.20. The lowest BCUT2D eigenvalue weighted by Crippen LogP contribution is -2.24. The fourth-order valence-corrected chi connectivity index (χ4v) is 0.981. The Bertz CT molecular complexity index is 229. The molecule has 0 spiro atoms. The fraction of sp³-hybridized carbons (Fsp3) is 0.667. The number of aromatic nitrogens is 2. The van der Waals surface area contributed by atoms with Crippen molar-refractivity contribution in [2.24, 2.45) is 0 Å². The molecule has 2 N–H and O–H groups in total. The Hall–Kier alpha value is -0.830. The van der Waals surface area contributed by atoms with E-state index >= 15 is 0 Å². The summed E-state index contributed by atoms with van der Waals surface area (Å²) in [5, 5.41) is 3.39. The molecule has 0 amide bonds. The van der Waals surface area contributed by atoms with Crippen molar-refractivity contribution in [1.82, 2.24) is 15.3 Å². The highest BCUT2D eigenvalue weighted by molar-refractivity contribution is 5.07. The van der Waals surface area contributed by atoms with Crippen LogP contribution in [-0.4, -0.2) is 16.0 Å². The molecular weight excluding hydrogens is 150 g/mol. The molecule has 12 heavy (non-hydrogen) atoms. The second-order valence-electron chi connectivity index (χ2n) is 3.16. The normalized spacial score (nSPS) is 13.2. The topological polar surface area (TPSA) is 40.7 Å². The average Bonchev–Trinajstić information content (AvgIpc) is 2.47. The Labute approximate surface area is 73.6 Å². The molecule has 0 radical (unpaired) electrons. The number of hydrogen-bond acceptors (Lipinski definition) is 2. The first kappa shape index (κ1) is 9.26. The molecule has 0 saturated carbocycles. The summed E-state index contributed by atoms with van der Waals surface area (Å²) >= 11 is 0. The van der Waals surface area contributed by atoms with E-state index in [-0.39, 0.29) is 0 Å². The van der Waals surface area contributed by atoms with Gasteiger partial charge in [-0.2, -0.15) is 0 Å². The molecule has 0 aliphatic heterocycles. The van der Waals surface area contributed by atoms with Crippen LogP contribution >= 0.6 is 0 Å². The Morgan fingerprint density at radius 1 is 1.67 bits per heavy atom. The van der Waals surface area contributed by atoms with Crippen LogP contribution in [0.4, 0.5) is 0 Å². The molecule has 1 aromatic rings. The van der Waals surface area contributed by atoms with Gasteiger partial charge in [0.05, 0.1) is 12.0 Å². The molecular formula is C9H17N3. The molecule has 3 nitrogen and oxygen atoms in total. The second kappa shape index (κ2) is 4.26. The van der Waals surface area contributed by atoms with E-state index in [1.165, 1.54) is 0 Å². The Balaban J connectivity index is 2.38. The summed E-state index contributed by atoms with van der Waals surface area (Å²) in [4.78, 5) is 7.26. The first-order valence-corrected chi connectivity index (χ1v) is 4.46. The van der Waals surface area contributed by atoms with Gasteiger partial charge in [0.15, 0.2) is 0 Å². The molecule has 0 saturated heterocycles. The standard InChI is InChI=1S/C9H17N3/c1-4-7(2)10-5-9-8(3)11-6-12-9/h6-7,10H,4-5H2,1-3H3,(H,11,12). The minimum absolute atomic E-state index is 0.570. The summed E-state index contributed by atoms with van der Waals surface area (Å²) in [5.74, 6) is 0. The van der Waals surface area contributed by atoms with Crippen molar-refractivity contribution >= 4 is 0 Å². The third-order valence-corrected chi connectivity index (χ3v) is 2.16. The average molecular weight is 167 g/mol. The third kappa shape index (κ3) is 2.34. The lowest BCUT2D eigenvalue weighted by molar-refractivity contribution is 0.529. The number of hydrogen-bond donors (Lipinski definition) is 2. The lowest BCUT2D eigenvalue weighted by atomic mass is 10.2. The smallest absolute Gasteiger partial charge is 0.0925 e. The highest BCUT2D eigenvalue weighted by Crippen LogP contribution is 2.00. The zero-order valence-corrected chi connectivity index (χ0v) is 8.02. The van der Waals surface area contributed by atoms with Crippen molar-refractivity contribution < 1.29 is 0 Å². The quantitative estimate of drug-likeness (QED) is 0.715. The highest BCUT2D eigenvalue weighted by atomic mass is 15.0. The van der Waals surface area contributed by atoms with Crippen LogP contribution < -0.4 is 5.32 Å². The van der Waals surface area contributed by atoms with Crippen LogP contribution in [0.2, 0.25) is 0 Å². The molecule has 1 rings (SSSR count). The van der Waals surface area contributed by atoms with E-state index in [1.54, 1.807) is 6.33 Å². The Morgan fingerprint density at radius 3 is 2.92 bits per heavy atom. The van der Waals surface area contributed by atoms with Crippen molar-refractivity contribution in [3.8, 4) is 0 Å². The van der Waals surface area contributed by atoms with Gasteiger partial charge in [0.25, 0.3) is 0 Å². The zero-order valence-electron chi connectivity index (χ0n) is 8.02. The number of H-pyrrole nitrogens is 1. The summed E-state index contributed by atoms with van der Waals surface area (Å²) in [5.41, 5.74) is 2.28. The molecule has 0 bridgehead atoms. The van der Waals surface area contributed by atoms with Gasteiger partial charge >= 0.3 is 0 Å². The van der Waals surface area contributed by atoms with Crippen LogP contribution in [0.3, 0.4) is 0 Å². The van der Waals surface area contributed by atoms with Crippen LogP contribution in [0.25, 0.3) is 0 Å². The van der Waals surface area contributed by atoms with Gasteiger partial charge in [0, 0.05) is 18.3 Å². The summed E-state index contributed by atoms with van der Waals surface area (Å²) in [6, 6.07) is 0.570. The van der Waals surface area contributed by atoms with Crippen molar-refractivity contribution in [2.75, 3.05) is 0 Å². The van der Waals surface area contributed by atoms with Gasteiger partial charge < -0.3 is 10.3 Å². The van der Waals surface area contributed by atoms with Gasteiger partial charge in [0.1, 0.15) is 0 Å². The largest absolute Gasteiger partial charge is 0.348 e. The van der Waals surface area contributed by atoms with Crippen LogP contribution in [-0.2, 0) is 6.54 Å². The predicted molar refractivity (Wildman–Crippen MR) is 49.9 cm³/mol. The minimum Gasteiger partial charge on any atom is -0.348 e. The van der Waals surface area contributed by atoms with E-state index in [1.807, 2.05) is 6.92 Å². The van der Waals surface area contributed by atoms with Crippen molar-refractivity contribution in [3.63, 3.8) is 0 Å². The first-order valence-electron chi connectivity index (χ1n) is 4.46. The van der Waals surface area contributed by atoms with E-state index in [2.05, 4.69) is 29.1 Å². The van der Waals surface area contributed by atoms with E-state index in [9.17, 15) is 0 Å². The maximum Gasteiger partial charge on any atom is 0.0925 e. The van der Waals surface area contributed by atoms with Gasteiger partial charge in [-0.3, -0.25) is 0 Å². The fourth-order valence-electron chi connectivity index (χ4n) is 0.981. The second-order valence-corrected chi connectivity index (χ2v) is 3.16. The summed E-state index contributed by atoms with van der Waals surface area (Å²) < 4.78 is 0. The van der Waals surface area contributed by atoms with Gasteiger partial charge in [-0.1, -0.05) is 6.92 Å². The third-order valence-electron chi connectivity index (χ3n) is 2.16. The maximum atomic E-state index is 4.20. The monoisotopic (exact) mass is 167 g/mol. The molecule has 3 heteroatoms. The van der Waals surface area contributed by atoms with Crippen molar-refractivity contribution in [1.29, 1.82) is 0 Å². The Morgan fingerprint density at radius 2 is 2.42 bits per heavy atom. The van der Waals surface area contributed by atoms with Crippen molar-refractivity contribution in [2.45, 2.75) is 39.8 Å². The number of aryl methyl sites for hydroxylation is 1. The number of nitrogens with zero attached hydrogens (tertiary/aromatic N) is 1. The van der Waals surface area contributed by atoms with E-state index in [0.29, 0.717) is 6.04 Å². The van der Waals surface area contributed by atoms with Gasteiger partial charge in [-0.05, 0) is 20.3 Å². The number of nitrogens with one attached hydrogen (secondary N) is 2. The molecule has 1 atom stereocenters. The molecule has 0 aliphatic rings. The van der Waals surface area contributed by atoms with Gasteiger partial charge in [0.2, 0.25) is 0 Å². The van der Waals surface area contributed by atoms with E-state index in [4.69, 9.17) is 0 Å². The molecule has 1 aromatic heterocycles. The predicted octanol–water partition coefficient (Wildman–Crippen LogP) is 1.61.